The highest BCUT2D eigenvalue weighted by Crippen LogP contribution is 2.60. The van der Waals surface area contributed by atoms with Crippen LogP contribution in [0.5, 0.6) is 0 Å². The van der Waals surface area contributed by atoms with Crippen LogP contribution in [0.3, 0.4) is 0 Å². The van der Waals surface area contributed by atoms with Gasteiger partial charge in [-0.05, 0) is 19.3 Å². The van der Waals surface area contributed by atoms with Crippen molar-refractivity contribution in [3.8, 4) is 0 Å². The molecule has 3 nitrogen and oxygen atoms in total. The Morgan fingerprint density at radius 3 is 2.46 bits per heavy atom. The van der Waals surface area contributed by atoms with Crippen molar-refractivity contribution in [3.05, 3.63) is 0 Å². The number of ether oxygens (including phenoxy) is 1. The molecule has 0 radical (unpaired) electrons. The van der Waals surface area contributed by atoms with E-state index in [1.165, 1.54) is 0 Å². The summed E-state index contributed by atoms with van der Waals surface area (Å²) in [6.45, 7) is 8.53. The Balaban J connectivity index is 2.59. The van der Waals surface area contributed by atoms with E-state index in [2.05, 4.69) is 0 Å². The fourth-order valence-electron chi connectivity index (χ4n) is 2.39. The Kier molecular flexibility index (Phi) is 2.66. The highest BCUT2D eigenvalue weighted by molar-refractivity contribution is 5.75. The van der Waals surface area contributed by atoms with Gasteiger partial charge in [-0.25, -0.2) is 0 Å². The SMILES string of the molecule is CCOC(C)C1C(C(=O)O)C1(C)C. The number of carbonyl (C=O) groups is 1. The molecule has 0 amide bonds. The summed E-state index contributed by atoms with van der Waals surface area (Å²) in [6.07, 6.45) is 0.0566. The summed E-state index contributed by atoms with van der Waals surface area (Å²) in [4.78, 5) is 10.8. The standard InChI is InChI=1S/C10H18O3/c1-5-13-6(2)7-8(9(11)12)10(7,3)4/h6-8H,5H2,1-4H3,(H,11,12). The molecule has 76 valence electrons. The predicted octanol–water partition coefficient (Wildman–Crippen LogP) is 1.77. The molecule has 0 heterocycles. The minimum atomic E-state index is -0.693. The first kappa shape index (κ1) is 10.5. The van der Waals surface area contributed by atoms with Gasteiger partial charge in [0.25, 0.3) is 0 Å². The monoisotopic (exact) mass is 186 g/mol. The Labute approximate surface area is 79.1 Å². The summed E-state index contributed by atoms with van der Waals surface area (Å²) < 4.78 is 5.42. The summed E-state index contributed by atoms with van der Waals surface area (Å²) in [7, 11) is 0. The van der Waals surface area contributed by atoms with Crippen LogP contribution in [-0.4, -0.2) is 23.8 Å². The van der Waals surface area contributed by atoms with Gasteiger partial charge < -0.3 is 9.84 Å². The molecule has 1 N–H and O–H groups in total. The van der Waals surface area contributed by atoms with Gasteiger partial charge >= 0.3 is 5.97 Å². The average molecular weight is 186 g/mol. The molecule has 3 atom stereocenters. The minimum absolute atomic E-state index is 0.0566. The Bertz CT molecular complexity index is 210. The second-order valence-corrected chi connectivity index (χ2v) is 4.32. The van der Waals surface area contributed by atoms with Gasteiger partial charge in [0.2, 0.25) is 0 Å². The van der Waals surface area contributed by atoms with E-state index in [-0.39, 0.29) is 23.4 Å². The molecule has 0 spiro atoms. The maximum Gasteiger partial charge on any atom is 0.307 e. The summed E-state index contributed by atoms with van der Waals surface area (Å²) >= 11 is 0. The van der Waals surface area contributed by atoms with Crippen molar-refractivity contribution < 1.29 is 14.6 Å². The van der Waals surface area contributed by atoms with Crippen molar-refractivity contribution in [3.63, 3.8) is 0 Å². The van der Waals surface area contributed by atoms with Gasteiger partial charge in [0.05, 0.1) is 12.0 Å². The molecule has 1 fully saturated rings. The van der Waals surface area contributed by atoms with Crippen LogP contribution in [-0.2, 0) is 9.53 Å². The molecule has 0 aromatic carbocycles. The van der Waals surface area contributed by atoms with Crippen molar-refractivity contribution in [1.82, 2.24) is 0 Å². The molecule has 0 aliphatic heterocycles. The quantitative estimate of drug-likeness (QED) is 0.727. The number of hydrogen-bond acceptors (Lipinski definition) is 2. The zero-order valence-corrected chi connectivity index (χ0v) is 8.70. The first-order valence-electron chi connectivity index (χ1n) is 4.77. The molecule has 0 aromatic heterocycles. The van der Waals surface area contributed by atoms with Gasteiger partial charge in [0, 0.05) is 12.5 Å². The van der Waals surface area contributed by atoms with Gasteiger partial charge in [-0.1, -0.05) is 13.8 Å². The molecule has 0 bridgehead atoms. The first-order valence-corrected chi connectivity index (χ1v) is 4.77. The van der Waals surface area contributed by atoms with Crippen molar-refractivity contribution in [1.29, 1.82) is 0 Å². The minimum Gasteiger partial charge on any atom is -0.481 e. The van der Waals surface area contributed by atoms with Crippen LogP contribution in [0.25, 0.3) is 0 Å². The first-order chi connectivity index (χ1) is 5.92. The fourth-order valence-corrected chi connectivity index (χ4v) is 2.39. The lowest BCUT2D eigenvalue weighted by atomic mass is 10.1. The van der Waals surface area contributed by atoms with Gasteiger partial charge in [0.1, 0.15) is 0 Å². The van der Waals surface area contributed by atoms with Crippen LogP contribution in [0.15, 0.2) is 0 Å². The number of hydrogen-bond donors (Lipinski definition) is 1. The number of rotatable bonds is 4. The lowest BCUT2D eigenvalue weighted by Crippen LogP contribution is -2.15. The molecule has 3 unspecified atom stereocenters. The molecular formula is C10H18O3. The van der Waals surface area contributed by atoms with Crippen LogP contribution >= 0.6 is 0 Å². The summed E-state index contributed by atoms with van der Waals surface area (Å²) in [5, 5.41) is 8.92. The van der Waals surface area contributed by atoms with Crippen LogP contribution < -0.4 is 0 Å². The largest absolute Gasteiger partial charge is 0.481 e. The molecule has 3 heteroatoms. The van der Waals surface area contributed by atoms with E-state index in [1.807, 2.05) is 27.7 Å². The average Bonchev–Trinajstić information content (AvgIpc) is 2.54. The predicted molar refractivity (Wildman–Crippen MR) is 49.5 cm³/mol. The van der Waals surface area contributed by atoms with Crippen molar-refractivity contribution in [2.45, 2.75) is 33.8 Å². The maximum atomic E-state index is 10.8. The zero-order valence-electron chi connectivity index (χ0n) is 8.70. The van der Waals surface area contributed by atoms with E-state index in [0.717, 1.165) is 0 Å². The van der Waals surface area contributed by atoms with E-state index >= 15 is 0 Å². The molecule has 1 rings (SSSR count). The molecule has 0 aromatic rings. The third-order valence-corrected chi connectivity index (χ3v) is 3.11. The molecule has 13 heavy (non-hydrogen) atoms. The lowest BCUT2D eigenvalue weighted by Gasteiger charge is -2.12. The molecule has 1 saturated carbocycles. The number of carboxylic acids is 1. The summed E-state index contributed by atoms with van der Waals surface area (Å²) in [5.74, 6) is -0.749. The lowest BCUT2D eigenvalue weighted by molar-refractivity contribution is -0.139. The van der Waals surface area contributed by atoms with E-state index in [0.29, 0.717) is 6.61 Å². The van der Waals surface area contributed by atoms with Crippen molar-refractivity contribution in [2.75, 3.05) is 6.61 Å². The number of aliphatic carboxylic acids is 1. The van der Waals surface area contributed by atoms with Crippen LogP contribution in [0.1, 0.15) is 27.7 Å². The summed E-state index contributed by atoms with van der Waals surface area (Å²) in [5.41, 5.74) is -0.0968. The topological polar surface area (TPSA) is 46.5 Å². The highest BCUT2D eigenvalue weighted by atomic mass is 16.5. The Hall–Kier alpha value is -0.570. The van der Waals surface area contributed by atoms with Gasteiger partial charge in [-0.2, -0.15) is 0 Å². The second-order valence-electron chi connectivity index (χ2n) is 4.32. The van der Waals surface area contributed by atoms with Crippen LogP contribution in [0.2, 0.25) is 0 Å². The molecule has 1 aliphatic rings. The van der Waals surface area contributed by atoms with E-state index in [1.54, 1.807) is 0 Å². The van der Waals surface area contributed by atoms with E-state index in [4.69, 9.17) is 9.84 Å². The fraction of sp³-hybridized carbons (Fsp3) is 0.900. The highest BCUT2D eigenvalue weighted by Gasteiger charge is 2.64. The van der Waals surface area contributed by atoms with E-state index in [9.17, 15) is 4.79 Å². The van der Waals surface area contributed by atoms with Crippen molar-refractivity contribution in [2.24, 2.45) is 17.3 Å². The Morgan fingerprint density at radius 1 is 1.62 bits per heavy atom. The zero-order chi connectivity index (χ0) is 10.2. The van der Waals surface area contributed by atoms with Gasteiger partial charge in [-0.3, -0.25) is 4.79 Å². The van der Waals surface area contributed by atoms with E-state index < -0.39 is 5.97 Å². The second kappa shape index (κ2) is 3.29. The van der Waals surface area contributed by atoms with Gasteiger partial charge in [-0.15, -0.1) is 0 Å². The smallest absolute Gasteiger partial charge is 0.307 e. The van der Waals surface area contributed by atoms with Crippen LogP contribution in [0.4, 0.5) is 0 Å². The third-order valence-electron chi connectivity index (χ3n) is 3.11. The normalized spacial score (nSPS) is 32.6. The molecule has 1 aliphatic carbocycles. The van der Waals surface area contributed by atoms with Crippen molar-refractivity contribution >= 4 is 5.97 Å². The maximum absolute atomic E-state index is 10.8. The van der Waals surface area contributed by atoms with Gasteiger partial charge in [0.15, 0.2) is 0 Å². The molecular weight excluding hydrogens is 168 g/mol. The third kappa shape index (κ3) is 1.70. The number of carboxylic acid groups (broad SMARTS) is 1. The van der Waals surface area contributed by atoms with Crippen LogP contribution in [0, 0.1) is 17.3 Å². The Morgan fingerprint density at radius 2 is 2.15 bits per heavy atom. The summed E-state index contributed by atoms with van der Waals surface area (Å²) in [6, 6.07) is 0. The molecule has 0 saturated heterocycles.